The van der Waals surface area contributed by atoms with E-state index in [1.165, 1.54) is 29.2 Å². The Balaban J connectivity index is 1.72. The zero-order valence-electron chi connectivity index (χ0n) is 18.1. The molecule has 0 aliphatic carbocycles. The molecule has 1 fully saturated rings. The highest BCUT2D eigenvalue weighted by Crippen LogP contribution is 2.42. The first-order valence-corrected chi connectivity index (χ1v) is 11.6. The van der Waals surface area contributed by atoms with Crippen LogP contribution in [-0.2, 0) is 16.0 Å². The molecular formula is C26H19ClFN3O2S. The summed E-state index contributed by atoms with van der Waals surface area (Å²) in [4.78, 5) is 27.8. The third-order valence-electron chi connectivity index (χ3n) is 5.21. The molecule has 1 N–H and O–H groups in total. The van der Waals surface area contributed by atoms with E-state index in [4.69, 9.17) is 11.6 Å². The van der Waals surface area contributed by atoms with Gasteiger partial charge in [-0.2, -0.15) is 5.26 Å². The Kier molecular flexibility index (Phi) is 7.01. The molecule has 170 valence electrons. The molecule has 0 unspecified atom stereocenters. The van der Waals surface area contributed by atoms with E-state index in [0.29, 0.717) is 22.8 Å². The lowest BCUT2D eigenvalue weighted by atomic mass is 10.1. The zero-order chi connectivity index (χ0) is 24.2. The van der Waals surface area contributed by atoms with Crippen LogP contribution in [0.5, 0.6) is 0 Å². The highest BCUT2D eigenvalue weighted by atomic mass is 35.5. The summed E-state index contributed by atoms with van der Waals surface area (Å²) in [7, 11) is 0. The van der Waals surface area contributed by atoms with Crippen LogP contribution in [0.2, 0.25) is 5.02 Å². The normalized spacial score (nSPS) is 16.8. The number of amides is 2. The number of aryl methyl sites for hydroxylation is 1. The van der Waals surface area contributed by atoms with E-state index in [0.717, 1.165) is 22.9 Å². The van der Waals surface area contributed by atoms with Crippen molar-refractivity contribution in [1.29, 1.82) is 5.26 Å². The summed E-state index contributed by atoms with van der Waals surface area (Å²) in [6.45, 7) is 1.93. The molecule has 34 heavy (non-hydrogen) atoms. The van der Waals surface area contributed by atoms with E-state index in [9.17, 15) is 19.2 Å². The highest BCUT2D eigenvalue weighted by Gasteiger charge is 2.40. The Labute approximate surface area is 205 Å². The third-order valence-corrected chi connectivity index (χ3v) is 6.71. The van der Waals surface area contributed by atoms with Crippen molar-refractivity contribution in [1.82, 2.24) is 0 Å². The monoisotopic (exact) mass is 491 g/mol. The van der Waals surface area contributed by atoms with Gasteiger partial charge in [-0.05, 0) is 67.4 Å². The van der Waals surface area contributed by atoms with Gasteiger partial charge in [0.1, 0.15) is 22.5 Å². The summed E-state index contributed by atoms with van der Waals surface area (Å²) in [5, 5.41) is 12.8. The first-order chi connectivity index (χ1) is 16.4. The van der Waals surface area contributed by atoms with Crippen LogP contribution in [0.15, 0.2) is 83.4 Å². The second kappa shape index (κ2) is 10.1. The molecule has 0 saturated carbocycles. The van der Waals surface area contributed by atoms with Crippen molar-refractivity contribution < 1.29 is 14.0 Å². The van der Waals surface area contributed by atoms with E-state index in [2.05, 4.69) is 5.32 Å². The smallest absolute Gasteiger partial charge is 0.269 e. The second-order valence-corrected chi connectivity index (χ2v) is 9.33. The number of anilines is 2. The summed E-state index contributed by atoms with van der Waals surface area (Å²) in [5.74, 6) is -1.39. The molecule has 2 amide bonds. The van der Waals surface area contributed by atoms with Crippen LogP contribution < -0.4 is 10.2 Å². The van der Waals surface area contributed by atoms with Gasteiger partial charge < -0.3 is 5.32 Å². The fourth-order valence-corrected chi connectivity index (χ4v) is 5.04. The van der Waals surface area contributed by atoms with E-state index in [1.54, 1.807) is 30.3 Å². The van der Waals surface area contributed by atoms with Gasteiger partial charge in [-0.15, -0.1) is 0 Å². The Bertz CT molecular complexity index is 1320. The molecule has 1 heterocycles. The van der Waals surface area contributed by atoms with Crippen LogP contribution >= 0.6 is 23.4 Å². The molecule has 0 bridgehead atoms. The van der Waals surface area contributed by atoms with Crippen LogP contribution in [0, 0.1) is 24.1 Å². The van der Waals surface area contributed by atoms with E-state index >= 15 is 0 Å². The number of nitriles is 1. The molecule has 1 saturated heterocycles. The summed E-state index contributed by atoms with van der Waals surface area (Å²) < 4.78 is 13.5. The molecule has 0 radical (unpaired) electrons. The number of nitrogens with zero attached hydrogens (tertiary/aromatic N) is 2. The Morgan fingerprint density at radius 3 is 2.50 bits per heavy atom. The summed E-state index contributed by atoms with van der Waals surface area (Å²) in [5.41, 5.74) is 2.58. The van der Waals surface area contributed by atoms with Crippen molar-refractivity contribution in [3.8, 4) is 6.07 Å². The number of benzene rings is 3. The maximum Gasteiger partial charge on any atom is 0.269 e. The molecule has 8 heteroatoms. The number of halogens is 2. The lowest BCUT2D eigenvalue weighted by Gasteiger charge is -2.18. The van der Waals surface area contributed by atoms with Crippen molar-refractivity contribution in [3.63, 3.8) is 0 Å². The van der Waals surface area contributed by atoms with Crippen molar-refractivity contribution >= 4 is 46.6 Å². The predicted molar refractivity (Wildman–Crippen MR) is 133 cm³/mol. The van der Waals surface area contributed by atoms with Crippen LogP contribution in [0.3, 0.4) is 0 Å². The van der Waals surface area contributed by atoms with Crippen molar-refractivity contribution in [3.05, 3.63) is 105 Å². The minimum absolute atomic E-state index is 0.197. The first-order valence-electron chi connectivity index (χ1n) is 10.4. The molecule has 1 aliphatic heterocycles. The summed E-state index contributed by atoms with van der Waals surface area (Å²) >= 11 is 7.23. The number of nitrogens with one attached hydrogen (secondary N) is 1. The fourth-order valence-electron chi connectivity index (χ4n) is 3.52. The summed E-state index contributed by atoms with van der Waals surface area (Å²) in [6.07, 6.45) is 0.351. The lowest BCUT2D eigenvalue weighted by Crippen LogP contribution is -2.30. The van der Waals surface area contributed by atoms with Crippen molar-refractivity contribution in [2.24, 2.45) is 0 Å². The van der Waals surface area contributed by atoms with Crippen molar-refractivity contribution in [2.45, 2.75) is 18.6 Å². The average Bonchev–Trinajstić information content (AvgIpc) is 3.12. The largest absolute Gasteiger partial charge is 0.321 e. The zero-order valence-corrected chi connectivity index (χ0v) is 19.7. The van der Waals surface area contributed by atoms with Crippen LogP contribution in [-0.4, -0.2) is 17.1 Å². The molecule has 3 aromatic carbocycles. The molecular weight excluding hydrogens is 473 g/mol. The van der Waals surface area contributed by atoms with Gasteiger partial charge in [0, 0.05) is 16.4 Å². The molecule has 3 aromatic rings. The Hall–Kier alpha value is -3.60. The first kappa shape index (κ1) is 23.6. The third kappa shape index (κ3) is 5.14. The Morgan fingerprint density at radius 2 is 1.85 bits per heavy atom. The van der Waals surface area contributed by atoms with Crippen LogP contribution in [0.4, 0.5) is 15.8 Å². The van der Waals surface area contributed by atoms with Gasteiger partial charge in [0.15, 0.2) is 0 Å². The molecule has 1 aliphatic rings. The van der Waals surface area contributed by atoms with Crippen LogP contribution in [0.1, 0.15) is 11.1 Å². The molecule has 0 aromatic heterocycles. The summed E-state index contributed by atoms with van der Waals surface area (Å²) in [6, 6.07) is 21.6. The minimum Gasteiger partial charge on any atom is -0.321 e. The number of thioether (sulfide) groups is 1. The minimum atomic E-state index is -0.628. The van der Waals surface area contributed by atoms with Gasteiger partial charge in [0.05, 0.1) is 5.25 Å². The number of hydrogen-bond donors (Lipinski definition) is 1. The highest BCUT2D eigenvalue weighted by molar-refractivity contribution is 8.05. The predicted octanol–water partition coefficient (Wildman–Crippen LogP) is 5.85. The van der Waals surface area contributed by atoms with E-state index in [1.807, 2.05) is 31.2 Å². The van der Waals surface area contributed by atoms with Gasteiger partial charge in [0.25, 0.3) is 5.91 Å². The van der Waals surface area contributed by atoms with Crippen LogP contribution in [0.25, 0.3) is 0 Å². The molecule has 4 rings (SSSR count). The van der Waals surface area contributed by atoms with Gasteiger partial charge in [-0.1, -0.05) is 53.2 Å². The topological polar surface area (TPSA) is 73.2 Å². The van der Waals surface area contributed by atoms with Gasteiger partial charge in [0.2, 0.25) is 5.91 Å². The molecule has 5 nitrogen and oxygen atoms in total. The number of rotatable bonds is 5. The maximum absolute atomic E-state index is 13.5. The van der Waals surface area contributed by atoms with E-state index in [-0.39, 0.29) is 16.5 Å². The number of carbonyl (C=O) groups excluding carboxylic acids is 2. The molecule has 1 atom stereocenters. The van der Waals surface area contributed by atoms with Crippen molar-refractivity contribution in [2.75, 3.05) is 10.2 Å². The number of carbonyl (C=O) groups is 2. The second-order valence-electron chi connectivity index (χ2n) is 7.70. The maximum atomic E-state index is 13.5. The van der Waals surface area contributed by atoms with E-state index < -0.39 is 17.0 Å². The standard InChI is InChI=1S/C26H19ClFN3O2S/c1-16-5-9-20(10-6-16)30-24(32)22(15-29)26-31(21-11-7-19(28)8-12-21)25(33)23(34-26)14-17-3-2-4-18(27)13-17/h2-13,23H,14H2,1H3,(H,30,32)/b26-22-/t23-/m0/s1. The van der Waals surface area contributed by atoms with Gasteiger partial charge >= 0.3 is 0 Å². The lowest BCUT2D eigenvalue weighted by molar-refractivity contribution is -0.117. The van der Waals surface area contributed by atoms with Gasteiger partial charge in [-0.25, -0.2) is 4.39 Å². The van der Waals surface area contributed by atoms with Gasteiger partial charge in [-0.3, -0.25) is 14.5 Å². The SMILES string of the molecule is Cc1ccc(NC(=O)/C(C#N)=C2\S[C@@H](Cc3cccc(Cl)c3)C(=O)N2c2ccc(F)cc2)cc1. The quantitative estimate of drug-likeness (QED) is 0.359. The Morgan fingerprint density at radius 1 is 1.15 bits per heavy atom. The average molecular weight is 492 g/mol. The fraction of sp³-hybridized carbons (Fsp3) is 0.115. The molecule has 0 spiro atoms. The number of hydrogen-bond acceptors (Lipinski definition) is 4.